The molecule has 0 aliphatic rings. The number of amides is 1. The Hall–Kier alpha value is -2.03. The first-order chi connectivity index (χ1) is 11.5. The van der Waals surface area contributed by atoms with Gasteiger partial charge >= 0.3 is 0 Å². The van der Waals surface area contributed by atoms with Crippen molar-refractivity contribution in [2.24, 2.45) is 0 Å². The predicted octanol–water partition coefficient (Wildman–Crippen LogP) is 4.15. The maximum atomic E-state index is 12.2. The molecule has 0 aliphatic heterocycles. The molecule has 0 spiro atoms. The summed E-state index contributed by atoms with van der Waals surface area (Å²) in [5.74, 6) is 0.635. The Morgan fingerprint density at radius 1 is 1.38 bits per heavy atom. The van der Waals surface area contributed by atoms with E-state index in [1.165, 1.54) is 18.5 Å². The third-order valence-electron chi connectivity index (χ3n) is 2.83. The van der Waals surface area contributed by atoms with Gasteiger partial charge in [-0.05, 0) is 25.1 Å². The molecular weight excluding hydrogens is 375 g/mol. The summed E-state index contributed by atoms with van der Waals surface area (Å²) in [4.78, 5) is 16.2. The fraction of sp³-hybridized carbons (Fsp3) is 0.143. The average Bonchev–Trinajstić information content (AvgIpc) is 3.20. The highest BCUT2D eigenvalue weighted by atomic mass is 35.5. The van der Waals surface area contributed by atoms with Crippen molar-refractivity contribution < 1.29 is 13.6 Å². The van der Waals surface area contributed by atoms with E-state index < -0.39 is 5.25 Å². The van der Waals surface area contributed by atoms with Crippen LogP contribution in [0.1, 0.15) is 6.92 Å². The van der Waals surface area contributed by atoms with Crippen LogP contribution in [0.2, 0.25) is 10.0 Å². The molecule has 0 bridgehead atoms. The lowest BCUT2D eigenvalue weighted by atomic mass is 10.4. The maximum Gasteiger partial charge on any atom is 0.284 e. The fourth-order valence-electron chi connectivity index (χ4n) is 1.69. The van der Waals surface area contributed by atoms with Gasteiger partial charge in [0.05, 0.1) is 21.6 Å². The lowest BCUT2D eigenvalue weighted by Gasteiger charge is -2.10. The van der Waals surface area contributed by atoms with Crippen molar-refractivity contribution in [3.63, 3.8) is 0 Å². The Morgan fingerprint density at radius 3 is 2.92 bits per heavy atom. The number of hydrogen-bond acceptors (Lipinski definition) is 7. The monoisotopic (exact) mass is 384 g/mol. The Labute approximate surface area is 150 Å². The van der Waals surface area contributed by atoms with E-state index in [0.29, 0.717) is 10.8 Å². The van der Waals surface area contributed by atoms with E-state index in [2.05, 4.69) is 20.5 Å². The van der Waals surface area contributed by atoms with Gasteiger partial charge in [-0.15, -0.1) is 10.2 Å². The number of carbonyl (C=O) groups is 1. The van der Waals surface area contributed by atoms with Crippen LogP contribution < -0.4 is 5.32 Å². The van der Waals surface area contributed by atoms with Crippen molar-refractivity contribution in [2.75, 3.05) is 5.32 Å². The highest BCUT2D eigenvalue weighted by molar-refractivity contribution is 8.00. The number of thioether (sulfide) groups is 1. The van der Waals surface area contributed by atoms with Gasteiger partial charge in [-0.1, -0.05) is 35.0 Å². The summed E-state index contributed by atoms with van der Waals surface area (Å²) >= 11 is 12.9. The van der Waals surface area contributed by atoms with Gasteiger partial charge in [0.2, 0.25) is 5.91 Å². The number of furan rings is 1. The van der Waals surface area contributed by atoms with Crippen LogP contribution in [0.3, 0.4) is 0 Å². The quantitative estimate of drug-likeness (QED) is 0.660. The molecule has 24 heavy (non-hydrogen) atoms. The molecule has 3 rings (SSSR count). The first-order valence-electron chi connectivity index (χ1n) is 6.69. The van der Waals surface area contributed by atoms with E-state index >= 15 is 0 Å². The summed E-state index contributed by atoms with van der Waals surface area (Å²) in [5, 5.41) is 10.7. The summed E-state index contributed by atoms with van der Waals surface area (Å²) in [6.45, 7) is 1.70. The topological polar surface area (TPSA) is 94.0 Å². The van der Waals surface area contributed by atoms with Crippen LogP contribution in [-0.2, 0) is 4.79 Å². The zero-order valence-electron chi connectivity index (χ0n) is 12.2. The maximum absolute atomic E-state index is 12.2. The van der Waals surface area contributed by atoms with Crippen LogP contribution in [0.5, 0.6) is 0 Å². The van der Waals surface area contributed by atoms with Crippen LogP contribution in [0.4, 0.5) is 5.82 Å². The van der Waals surface area contributed by atoms with Crippen molar-refractivity contribution in [2.45, 2.75) is 17.4 Å². The predicted molar refractivity (Wildman–Crippen MR) is 90.2 cm³/mol. The van der Waals surface area contributed by atoms with Gasteiger partial charge in [0, 0.05) is 6.20 Å². The molecule has 3 heterocycles. The molecule has 1 atom stereocenters. The summed E-state index contributed by atoms with van der Waals surface area (Å²) in [6, 6.07) is 4.91. The number of halogens is 2. The zero-order chi connectivity index (χ0) is 17.1. The van der Waals surface area contributed by atoms with Crippen LogP contribution in [0.15, 0.2) is 44.7 Å². The van der Waals surface area contributed by atoms with E-state index in [9.17, 15) is 4.79 Å². The SMILES string of the molecule is C[C@@H](Sc1nnc(-c2ccco2)o1)C(=O)Nc1ncc(Cl)cc1Cl. The number of hydrogen-bond donors (Lipinski definition) is 1. The number of nitrogens with one attached hydrogen (secondary N) is 1. The highest BCUT2D eigenvalue weighted by Gasteiger charge is 2.20. The molecule has 3 aromatic heterocycles. The van der Waals surface area contributed by atoms with Gasteiger partial charge in [-0.2, -0.15) is 0 Å². The molecule has 0 saturated carbocycles. The number of pyridine rings is 1. The van der Waals surface area contributed by atoms with Gasteiger partial charge in [0.25, 0.3) is 11.1 Å². The minimum Gasteiger partial charge on any atom is -0.459 e. The lowest BCUT2D eigenvalue weighted by Crippen LogP contribution is -2.23. The minimum atomic E-state index is -0.511. The number of nitrogens with zero attached hydrogens (tertiary/aromatic N) is 3. The summed E-state index contributed by atoms with van der Waals surface area (Å²) in [6.07, 6.45) is 2.90. The molecule has 1 N–H and O–H groups in total. The van der Waals surface area contributed by atoms with Crippen LogP contribution in [-0.4, -0.2) is 26.3 Å². The van der Waals surface area contributed by atoms with Crippen molar-refractivity contribution >= 4 is 46.7 Å². The average molecular weight is 385 g/mol. The molecule has 0 saturated heterocycles. The molecular formula is C14H10Cl2N4O3S. The Bertz CT molecular complexity index is 854. The number of rotatable bonds is 5. The molecule has 3 aromatic rings. The number of anilines is 1. The standard InChI is InChI=1S/C14H10Cl2N4O3S/c1-7(12(21)18-11-9(16)5-8(15)6-17-11)24-14-20-19-13(23-14)10-3-2-4-22-10/h2-7H,1H3,(H,17,18,21)/t7-/m1/s1. The molecule has 0 radical (unpaired) electrons. The molecule has 0 aromatic carbocycles. The Kier molecular flexibility index (Phi) is 5.08. The smallest absolute Gasteiger partial charge is 0.284 e. The summed E-state index contributed by atoms with van der Waals surface area (Å²) < 4.78 is 10.6. The molecule has 0 aliphatic carbocycles. The molecule has 10 heteroatoms. The second kappa shape index (κ2) is 7.25. The molecule has 0 fully saturated rings. The zero-order valence-corrected chi connectivity index (χ0v) is 14.5. The van der Waals surface area contributed by atoms with Crippen LogP contribution in [0, 0.1) is 0 Å². The van der Waals surface area contributed by atoms with E-state index in [1.807, 2.05) is 0 Å². The third-order valence-corrected chi connectivity index (χ3v) is 4.26. The van der Waals surface area contributed by atoms with Gasteiger partial charge in [-0.25, -0.2) is 4.98 Å². The minimum absolute atomic E-state index is 0.236. The second-order valence-corrected chi connectivity index (χ2v) is 6.72. The van der Waals surface area contributed by atoms with Crippen LogP contribution in [0.25, 0.3) is 11.7 Å². The van der Waals surface area contributed by atoms with E-state index in [-0.39, 0.29) is 27.9 Å². The summed E-state index contributed by atoms with van der Waals surface area (Å²) in [5.41, 5.74) is 0. The van der Waals surface area contributed by atoms with E-state index in [0.717, 1.165) is 11.8 Å². The number of aromatic nitrogens is 3. The van der Waals surface area contributed by atoms with Crippen molar-refractivity contribution in [1.82, 2.24) is 15.2 Å². The first kappa shape index (κ1) is 16.8. The van der Waals surface area contributed by atoms with E-state index in [4.69, 9.17) is 32.0 Å². The second-order valence-electron chi connectivity index (χ2n) is 4.58. The third kappa shape index (κ3) is 3.89. The first-order valence-corrected chi connectivity index (χ1v) is 8.32. The lowest BCUT2D eigenvalue weighted by molar-refractivity contribution is -0.115. The molecule has 7 nitrogen and oxygen atoms in total. The fourth-order valence-corrected chi connectivity index (χ4v) is 2.80. The largest absolute Gasteiger partial charge is 0.459 e. The van der Waals surface area contributed by atoms with Crippen molar-refractivity contribution in [3.05, 3.63) is 40.7 Å². The molecule has 0 unspecified atom stereocenters. The highest BCUT2D eigenvalue weighted by Crippen LogP contribution is 2.28. The van der Waals surface area contributed by atoms with Gasteiger partial charge in [-0.3, -0.25) is 4.79 Å². The van der Waals surface area contributed by atoms with Gasteiger partial charge in [0.1, 0.15) is 0 Å². The number of carbonyl (C=O) groups excluding carboxylic acids is 1. The van der Waals surface area contributed by atoms with Crippen molar-refractivity contribution in [1.29, 1.82) is 0 Å². The van der Waals surface area contributed by atoms with Gasteiger partial charge < -0.3 is 14.2 Å². The molecule has 1 amide bonds. The Balaban J connectivity index is 1.64. The normalized spacial score (nSPS) is 12.1. The van der Waals surface area contributed by atoms with Crippen LogP contribution >= 0.6 is 35.0 Å². The van der Waals surface area contributed by atoms with Gasteiger partial charge in [0.15, 0.2) is 11.6 Å². The van der Waals surface area contributed by atoms with Crippen molar-refractivity contribution in [3.8, 4) is 11.7 Å². The van der Waals surface area contributed by atoms with E-state index in [1.54, 1.807) is 19.1 Å². The molecule has 124 valence electrons. The summed E-state index contributed by atoms with van der Waals surface area (Å²) in [7, 11) is 0. The Morgan fingerprint density at radius 2 is 2.21 bits per heavy atom.